The van der Waals surface area contributed by atoms with Crippen LogP contribution in [0.5, 0.6) is 5.75 Å². The number of hydrogen-bond acceptors (Lipinski definition) is 4. The van der Waals surface area contributed by atoms with E-state index in [0.717, 1.165) is 36.8 Å². The highest BCUT2D eigenvalue weighted by atomic mass is 16.5. The molecule has 0 bridgehead atoms. The number of anilines is 1. The molecule has 2 amide bonds. The van der Waals surface area contributed by atoms with Gasteiger partial charge < -0.3 is 4.74 Å². The van der Waals surface area contributed by atoms with Crippen molar-refractivity contribution in [2.45, 2.75) is 39.5 Å². The highest BCUT2D eigenvalue weighted by molar-refractivity contribution is 6.22. The van der Waals surface area contributed by atoms with Crippen LogP contribution in [-0.4, -0.2) is 17.8 Å². The Bertz CT molecular complexity index is 924. The molecule has 2 aromatic carbocycles. The second-order valence-corrected chi connectivity index (χ2v) is 7.64. The Morgan fingerprint density at radius 3 is 2.14 bits per heavy atom. The van der Waals surface area contributed by atoms with E-state index in [9.17, 15) is 14.4 Å². The number of amides is 2. The Morgan fingerprint density at radius 1 is 0.929 bits per heavy atom. The minimum atomic E-state index is -0.465. The fourth-order valence-electron chi connectivity index (χ4n) is 4.16. The van der Waals surface area contributed by atoms with Crippen LogP contribution in [0.3, 0.4) is 0 Å². The van der Waals surface area contributed by atoms with E-state index < -0.39 is 5.97 Å². The van der Waals surface area contributed by atoms with E-state index in [0.29, 0.717) is 17.0 Å². The van der Waals surface area contributed by atoms with E-state index in [4.69, 9.17) is 4.74 Å². The molecular formula is C23H23NO4. The molecule has 2 aromatic rings. The standard InChI is InChI=1S/C23H23NO4/c1-14-6-5-9-20(15(14)2)28-23(27)16-10-12-17(13-11-16)24-21(25)18-7-3-4-8-19(18)22(24)26/h5-6,9-13,18-19H,3-4,7-8H2,1-2H3. The maximum absolute atomic E-state index is 12.7. The number of fused-ring (bicyclic) bond motifs is 1. The summed E-state index contributed by atoms with van der Waals surface area (Å²) in [6.45, 7) is 3.87. The summed E-state index contributed by atoms with van der Waals surface area (Å²) in [6, 6.07) is 12.1. The zero-order valence-electron chi connectivity index (χ0n) is 16.1. The molecule has 0 N–H and O–H groups in total. The molecule has 5 nitrogen and oxygen atoms in total. The van der Waals surface area contributed by atoms with Crippen LogP contribution in [0.2, 0.25) is 0 Å². The van der Waals surface area contributed by atoms with E-state index >= 15 is 0 Å². The third kappa shape index (κ3) is 3.11. The Hall–Kier alpha value is -2.95. The predicted octanol–water partition coefficient (Wildman–Crippen LogP) is 4.20. The molecule has 1 saturated carbocycles. The molecule has 1 heterocycles. The quantitative estimate of drug-likeness (QED) is 0.457. The summed E-state index contributed by atoms with van der Waals surface area (Å²) in [4.78, 5) is 39.2. The lowest BCUT2D eigenvalue weighted by atomic mass is 9.81. The van der Waals surface area contributed by atoms with Gasteiger partial charge in [-0.05, 0) is 68.1 Å². The summed E-state index contributed by atoms with van der Waals surface area (Å²) in [5.41, 5.74) is 2.87. The minimum absolute atomic E-state index is 0.111. The topological polar surface area (TPSA) is 63.7 Å². The number of esters is 1. The van der Waals surface area contributed by atoms with E-state index in [-0.39, 0.29) is 23.7 Å². The van der Waals surface area contributed by atoms with Gasteiger partial charge in [0.15, 0.2) is 0 Å². The lowest BCUT2D eigenvalue weighted by Crippen LogP contribution is -2.30. The van der Waals surface area contributed by atoms with Crippen molar-refractivity contribution in [3.63, 3.8) is 0 Å². The third-order valence-corrected chi connectivity index (χ3v) is 5.96. The summed E-state index contributed by atoms with van der Waals surface area (Å²) in [5, 5.41) is 0. The number of aryl methyl sites for hydroxylation is 1. The molecule has 4 rings (SSSR count). The maximum Gasteiger partial charge on any atom is 0.343 e. The van der Waals surface area contributed by atoms with Crippen LogP contribution in [0.1, 0.15) is 47.2 Å². The van der Waals surface area contributed by atoms with Crippen molar-refractivity contribution in [2.75, 3.05) is 4.90 Å². The van der Waals surface area contributed by atoms with Crippen molar-refractivity contribution in [1.29, 1.82) is 0 Å². The number of rotatable bonds is 3. The average molecular weight is 377 g/mol. The van der Waals surface area contributed by atoms with Gasteiger partial charge in [-0.3, -0.25) is 14.5 Å². The summed E-state index contributed by atoms with van der Waals surface area (Å²) < 4.78 is 5.51. The number of ether oxygens (including phenoxy) is 1. The van der Waals surface area contributed by atoms with E-state index in [2.05, 4.69) is 0 Å². The van der Waals surface area contributed by atoms with Gasteiger partial charge in [-0.25, -0.2) is 4.79 Å². The lowest BCUT2D eigenvalue weighted by molar-refractivity contribution is -0.122. The van der Waals surface area contributed by atoms with E-state index in [1.54, 1.807) is 30.3 Å². The number of carbonyl (C=O) groups is 3. The highest BCUT2D eigenvalue weighted by Crippen LogP contribution is 2.40. The van der Waals surface area contributed by atoms with Crippen LogP contribution in [0.15, 0.2) is 42.5 Å². The Morgan fingerprint density at radius 2 is 1.54 bits per heavy atom. The first-order valence-corrected chi connectivity index (χ1v) is 9.73. The third-order valence-electron chi connectivity index (χ3n) is 5.96. The van der Waals surface area contributed by atoms with Crippen LogP contribution < -0.4 is 9.64 Å². The number of imide groups is 1. The maximum atomic E-state index is 12.7. The van der Waals surface area contributed by atoms with Gasteiger partial charge >= 0.3 is 5.97 Å². The highest BCUT2D eigenvalue weighted by Gasteiger charge is 2.48. The smallest absolute Gasteiger partial charge is 0.343 e. The SMILES string of the molecule is Cc1cccc(OC(=O)c2ccc(N3C(=O)C4CCCCC4C3=O)cc2)c1C. The fourth-order valence-corrected chi connectivity index (χ4v) is 4.16. The van der Waals surface area contributed by atoms with E-state index in [1.165, 1.54) is 4.90 Å². The van der Waals surface area contributed by atoms with Crippen LogP contribution in [0, 0.1) is 25.7 Å². The number of nitrogens with zero attached hydrogens (tertiary/aromatic N) is 1. The lowest BCUT2D eigenvalue weighted by Gasteiger charge is -2.19. The van der Waals surface area contributed by atoms with Gasteiger partial charge in [-0.15, -0.1) is 0 Å². The molecule has 2 fully saturated rings. The fraction of sp³-hybridized carbons (Fsp3) is 0.348. The molecular weight excluding hydrogens is 354 g/mol. The number of hydrogen-bond donors (Lipinski definition) is 0. The molecule has 144 valence electrons. The van der Waals surface area contributed by atoms with Gasteiger partial charge in [0.25, 0.3) is 0 Å². The van der Waals surface area contributed by atoms with Crippen LogP contribution in [-0.2, 0) is 9.59 Å². The Kier molecular flexibility index (Phi) is 4.75. The molecule has 0 aromatic heterocycles. The van der Waals surface area contributed by atoms with Crippen molar-refractivity contribution < 1.29 is 19.1 Å². The van der Waals surface area contributed by atoms with Gasteiger partial charge in [-0.2, -0.15) is 0 Å². The molecule has 2 unspecified atom stereocenters. The Balaban J connectivity index is 1.52. The second-order valence-electron chi connectivity index (χ2n) is 7.64. The largest absolute Gasteiger partial charge is 0.423 e. The summed E-state index contributed by atoms with van der Waals surface area (Å²) in [5.74, 6) is -0.526. The molecule has 2 atom stereocenters. The molecule has 1 aliphatic heterocycles. The molecule has 28 heavy (non-hydrogen) atoms. The van der Waals surface area contributed by atoms with Crippen LogP contribution in [0.4, 0.5) is 5.69 Å². The van der Waals surface area contributed by atoms with Crippen molar-refractivity contribution in [3.05, 3.63) is 59.2 Å². The monoisotopic (exact) mass is 377 g/mol. The molecule has 1 saturated heterocycles. The summed E-state index contributed by atoms with van der Waals surface area (Å²) >= 11 is 0. The summed E-state index contributed by atoms with van der Waals surface area (Å²) in [6.07, 6.45) is 3.56. The molecule has 0 radical (unpaired) electrons. The van der Waals surface area contributed by atoms with E-state index in [1.807, 2.05) is 26.0 Å². The first-order valence-electron chi connectivity index (χ1n) is 9.73. The first-order chi connectivity index (χ1) is 13.5. The predicted molar refractivity (Wildman–Crippen MR) is 105 cm³/mol. The minimum Gasteiger partial charge on any atom is -0.423 e. The molecule has 1 aliphatic carbocycles. The zero-order valence-corrected chi connectivity index (χ0v) is 16.1. The molecule has 0 spiro atoms. The average Bonchev–Trinajstić information content (AvgIpc) is 2.96. The van der Waals surface area contributed by atoms with Crippen molar-refractivity contribution in [2.24, 2.45) is 11.8 Å². The van der Waals surface area contributed by atoms with Gasteiger partial charge in [0.05, 0.1) is 23.1 Å². The first kappa shape index (κ1) is 18.4. The number of benzene rings is 2. The van der Waals surface area contributed by atoms with Crippen molar-refractivity contribution in [1.82, 2.24) is 0 Å². The van der Waals surface area contributed by atoms with Crippen LogP contribution >= 0.6 is 0 Å². The van der Waals surface area contributed by atoms with Crippen LogP contribution in [0.25, 0.3) is 0 Å². The van der Waals surface area contributed by atoms with Crippen molar-refractivity contribution in [3.8, 4) is 5.75 Å². The van der Waals surface area contributed by atoms with Gasteiger partial charge in [0, 0.05) is 0 Å². The van der Waals surface area contributed by atoms with Gasteiger partial charge in [0.2, 0.25) is 11.8 Å². The zero-order chi connectivity index (χ0) is 19.8. The van der Waals surface area contributed by atoms with Gasteiger partial charge in [-0.1, -0.05) is 25.0 Å². The molecule has 5 heteroatoms. The van der Waals surface area contributed by atoms with Crippen molar-refractivity contribution >= 4 is 23.5 Å². The van der Waals surface area contributed by atoms with Gasteiger partial charge in [0.1, 0.15) is 5.75 Å². The summed E-state index contributed by atoms with van der Waals surface area (Å²) in [7, 11) is 0. The second kappa shape index (κ2) is 7.23. The Labute approximate surface area is 164 Å². The molecule has 2 aliphatic rings. The normalized spacial score (nSPS) is 21.6. The number of carbonyl (C=O) groups excluding carboxylic acids is 3.